The number of nitrogens with one attached hydrogen (secondary N) is 2. The molecule has 0 saturated carbocycles. The van der Waals surface area contributed by atoms with E-state index in [1.54, 1.807) is 0 Å². The number of nitrogens with zero attached hydrogens (tertiary/aromatic N) is 4. The molecule has 158 valence electrons. The molecule has 2 aromatic rings. The number of benzene rings is 1. The van der Waals surface area contributed by atoms with Gasteiger partial charge in [0, 0.05) is 51.0 Å². The Bertz CT molecular complexity index is 754. The van der Waals surface area contributed by atoms with Gasteiger partial charge in [-0.2, -0.15) is 5.10 Å². The Balaban J connectivity index is 1.45. The molecule has 1 aliphatic rings. The van der Waals surface area contributed by atoms with Crippen molar-refractivity contribution in [3.05, 3.63) is 53.9 Å². The lowest BCUT2D eigenvalue weighted by molar-refractivity contribution is 0.134. The van der Waals surface area contributed by atoms with Crippen molar-refractivity contribution < 1.29 is 0 Å². The fourth-order valence-electron chi connectivity index (χ4n) is 3.93. The van der Waals surface area contributed by atoms with Gasteiger partial charge in [0.15, 0.2) is 5.96 Å². The minimum atomic E-state index is 0.476. The second-order valence-corrected chi connectivity index (χ2v) is 8.07. The van der Waals surface area contributed by atoms with Crippen molar-refractivity contribution in [3.8, 4) is 0 Å². The van der Waals surface area contributed by atoms with Crippen molar-refractivity contribution in [2.45, 2.75) is 65.2 Å². The molecule has 2 atom stereocenters. The molecule has 1 aromatic heterocycles. The van der Waals surface area contributed by atoms with Gasteiger partial charge in [-0.3, -0.25) is 14.6 Å². The van der Waals surface area contributed by atoms with E-state index >= 15 is 0 Å². The van der Waals surface area contributed by atoms with Gasteiger partial charge in [-0.1, -0.05) is 30.3 Å². The molecular formula is C23H36N6. The molecule has 0 amide bonds. The minimum absolute atomic E-state index is 0.476. The molecular weight excluding hydrogens is 360 g/mol. The maximum atomic E-state index is 4.78. The van der Waals surface area contributed by atoms with Crippen LogP contribution in [0.3, 0.4) is 0 Å². The average molecular weight is 397 g/mol. The summed E-state index contributed by atoms with van der Waals surface area (Å²) in [5, 5.41) is 11.4. The Labute approximate surface area is 175 Å². The first-order chi connectivity index (χ1) is 14.1. The van der Waals surface area contributed by atoms with Crippen LogP contribution in [0.25, 0.3) is 0 Å². The first-order valence-corrected chi connectivity index (χ1v) is 11.0. The third kappa shape index (κ3) is 6.89. The van der Waals surface area contributed by atoms with E-state index in [-0.39, 0.29) is 0 Å². The fourth-order valence-corrected chi connectivity index (χ4v) is 3.93. The number of rotatable bonds is 8. The third-order valence-electron chi connectivity index (χ3n) is 5.50. The van der Waals surface area contributed by atoms with Crippen LogP contribution < -0.4 is 10.6 Å². The van der Waals surface area contributed by atoms with Gasteiger partial charge < -0.3 is 10.6 Å². The molecule has 0 radical (unpaired) electrons. The number of guanidine groups is 1. The van der Waals surface area contributed by atoms with Gasteiger partial charge in [-0.15, -0.1) is 0 Å². The van der Waals surface area contributed by atoms with Gasteiger partial charge in [0.25, 0.3) is 0 Å². The zero-order chi connectivity index (χ0) is 20.5. The van der Waals surface area contributed by atoms with Crippen molar-refractivity contribution in [2.24, 2.45) is 4.99 Å². The molecule has 2 heterocycles. The van der Waals surface area contributed by atoms with Crippen molar-refractivity contribution in [1.29, 1.82) is 0 Å². The van der Waals surface area contributed by atoms with Gasteiger partial charge in [0.2, 0.25) is 0 Å². The predicted octanol–water partition coefficient (Wildman–Crippen LogP) is 3.19. The van der Waals surface area contributed by atoms with E-state index in [1.165, 1.54) is 11.1 Å². The summed E-state index contributed by atoms with van der Waals surface area (Å²) in [7, 11) is 0. The Morgan fingerprint density at radius 1 is 1.28 bits per heavy atom. The van der Waals surface area contributed by atoms with E-state index in [2.05, 4.69) is 77.9 Å². The normalized spacial score (nSPS) is 20.6. The van der Waals surface area contributed by atoms with Crippen LogP contribution in [-0.4, -0.2) is 52.4 Å². The van der Waals surface area contributed by atoms with Crippen molar-refractivity contribution in [1.82, 2.24) is 25.3 Å². The van der Waals surface area contributed by atoms with Crippen LogP contribution >= 0.6 is 0 Å². The lowest BCUT2D eigenvalue weighted by Gasteiger charge is -2.38. The highest BCUT2D eigenvalue weighted by Gasteiger charge is 2.25. The molecule has 1 fully saturated rings. The van der Waals surface area contributed by atoms with Gasteiger partial charge in [0.05, 0.1) is 6.20 Å². The quantitative estimate of drug-likeness (QED) is 0.409. The Kier molecular flexibility index (Phi) is 8.11. The molecule has 0 bridgehead atoms. The molecule has 1 aliphatic heterocycles. The highest BCUT2D eigenvalue weighted by Crippen LogP contribution is 2.19. The maximum absolute atomic E-state index is 4.78. The van der Waals surface area contributed by atoms with Crippen LogP contribution in [0.4, 0.5) is 0 Å². The average Bonchev–Trinajstić information content (AvgIpc) is 3.13. The Morgan fingerprint density at radius 3 is 2.79 bits per heavy atom. The largest absolute Gasteiger partial charge is 0.357 e. The van der Waals surface area contributed by atoms with Crippen LogP contribution in [0.2, 0.25) is 0 Å². The molecule has 2 N–H and O–H groups in total. The summed E-state index contributed by atoms with van der Waals surface area (Å²) in [5.41, 5.74) is 2.60. The predicted molar refractivity (Wildman–Crippen MR) is 120 cm³/mol. The van der Waals surface area contributed by atoms with Crippen LogP contribution in [-0.2, 0) is 13.1 Å². The summed E-state index contributed by atoms with van der Waals surface area (Å²) < 4.78 is 2.00. The highest BCUT2D eigenvalue weighted by atomic mass is 15.3. The monoisotopic (exact) mass is 396 g/mol. The summed E-state index contributed by atoms with van der Waals surface area (Å²) in [6.07, 6.45) is 7.26. The zero-order valence-electron chi connectivity index (χ0n) is 18.1. The minimum Gasteiger partial charge on any atom is -0.357 e. The van der Waals surface area contributed by atoms with Crippen molar-refractivity contribution >= 4 is 5.96 Å². The Hall–Kier alpha value is -2.34. The Morgan fingerprint density at radius 2 is 2.10 bits per heavy atom. The number of hydrogen-bond donors (Lipinski definition) is 2. The SMILES string of the molecule is CCNC(=NCCCn1cc(C)cn1)NC1CCN(Cc2ccccc2)C(C)C1. The van der Waals surface area contributed by atoms with Crippen LogP contribution in [0, 0.1) is 6.92 Å². The number of aryl methyl sites for hydroxylation is 2. The number of aliphatic imine (C=N–C) groups is 1. The van der Waals surface area contributed by atoms with E-state index < -0.39 is 0 Å². The molecule has 2 unspecified atom stereocenters. The van der Waals surface area contributed by atoms with Gasteiger partial charge >= 0.3 is 0 Å². The van der Waals surface area contributed by atoms with Crippen LogP contribution in [0.1, 0.15) is 44.2 Å². The third-order valence-corrected chi connectivity index (χ3v) is 5.50. The second kappa shape index (κ2) is 11.0. The maximum Gasteiger partial charge on any atom is 0.191 e. The molecule has 6 nitrogen and oxygen atoms in total. The number of likely N-dealkylation sites (tertiary alicyclic amines) is 1. The summed E-state index contributed by atoms with van der Waals surface area (Å²) in [5.74, 6) is 0.942. The fraction of sp³-hybridized carbons (Fsp3) is 0.565. The highest BCUT2D eigenvalue weighted by molar-refractivity contribution is 5.80. The smallest absolute Gasteiger partial charge is 0.191 e. The number of hydrogen-bond acceptors (Lipinski definition) is 3. The molecule has 0 spiro atoms. The number of piperidine rings is 1. The van der Waals surface area contributed by atoms with E-state index in [9.17, 15) is 0 Å². The van der Waals surface area contributed by atoms with Crippen LogP contribution in [0.5, 0.6) is 0 Å². The van der Waals surface area contributed by atoms with E-state index in [4.69, 9.17) is 4.99 Å². The van der Waals surface area contributed by atoms with Gasteiger partial charge in [-0.05, 0) is 51.2 Å². The molecule has 1 aromatic carbocycles. The molecule has 29 heavy (non-hydrogen) atoms. The summed E-state index contributed by atoms with van der Waals surface area (Å²) in [6, 6.07) is 11.8. The number of aromatic nitrogens is 2. The summed E-state index contributed by atoms with van der Waals surface area (Å²) in [6.45, 7) is 11.3. The van der Waals surface area contributed by atoms with E-state index in [1.807, 2.05) is 10.9 Å². The topological polar surface area (TPSA) is 57.5 Å². The second-order valence-electron chi connectivity index (χ2n) is 8.07. The zero-order valence-corrected chi connectivity index (χ0v) is 18.1. The van der Waals surface area contributed by atoms with Crippen LogP contribution in [0.15, 0.2) is 47.7 Å². The van der Waals surface area contributed by atoms with Gasteiger partial charge in [0.1, 0.15) is 0 Å². The van der Waals surface area contributed by atoms with E-state index in [0.29, 0.717) is 12.1 Å². The molecule has 3 rings (SSSR count). The van der Waals surface area contributed by atoms with Crippen molar-refractivity contribution in [2.75, 3.05) is 19.6 Å². The molecule has 1 saturated heterocycles. The first-order valence-electron chi connectivity index (χ1n) is 11.0. The lowest BCUT2D eigenvalue weighted by Crippen LogP contribution is -2.51. The van der Waals surface area contributed by atoms with E-state index in [0.717, 1.165) is 57.9 Å². The van der Waals surface area contributed by atoms with Crippen molar-refractivity contribution in [3.63, 3.8) is 0 Å². The van der Waals surface area contributed by atoms with Gasteiger partial charge in [-0.25, -0.2) is 0 Å². The summed E-state index contributed by atoms with van der Waals surface area (Å²) >= 11 is 0. The first kappa shape index (κ1) is 21.4. The lowest BCUT2D eigenvalue weighted by atomic mass is 9.97. The standard InChI is InChI=1S/C23H36N6/c1-4-24-23(25-12-8-13-29-17-19(2)16-26-29)27-22-11-14-28(20(3)15-22)18-21-9-6-5-7-10-21/h5-7,9-10,16-17,20,22H,4,8,11-15,18H2,1-3H3,(H2,24,25,27). The summed E-state index contributed by atoms with van der Waals surface area (Å²) in [4.78, 5) is 7.37. The molecule has 0 aliphatic carbocycles. The molecule has 6 heteroatoms.